The molecule has 0 bridgehead atoms. The van der Waals surface area contributed by atoms with Crippen molar-refractivity contribution in [3.63, 3.8) is 0 Å². The van der Waals surface area contributed by atoms with Gasteiger partial charge in [-0.05, 0) is 41.5 Å². The summed E-state index contributed by atoms with van der Waals surface area (Å²) in [6.45, 7) is 7.44. The minimum atomic E-state index is 0.200. The average molecular weight is 268 g/mol. The van der Waals surface area contributed by atoms with Gasteiger partial charge in [0.2, 0.25) is 0 Å². The highest BCUT2D eigenvalue weighted by Crippen LogP contribution is 2.24. The summed E-state index contributed by atoms with van der Waals surface area (Å²) in [5.74, 6) is 0.964. The lowest BCUT2D eigenvalue weighted by Gasteiger charge is -2.19. The largest absolute Gasteiger partial charge is 0.494 e. The van der Waals surface area contributed by atoms with Crippen molar-refractivity contribution in [1.82, 2.24) is 0 Å². The van der Waals surface area contributed by atoms with Crippen LogP contribution in [0.25, 0.3) is 0 Å². The van der Waals surface area contributed by atoms with Crippen LogP contribution in [-0.2, 0) is 11.8 Å². The zero-order valence-electron chi connectivity index (χ0n) is 12.7. The van der Waals surface area contributed by atoms with Gasteiger partial charge >= 0.3 is 0 Å². The van der Waals surface area contributed by atoms with Crippen LogP contribution in [0.2, 0.25) is 0 Å². The number of hydrogen-bond acceptors (Lipinski definition) is 1. The maximum atomic E-state index is 5.80. The van der Waals surface area contributed by atoms with Crippen molar-refractivity contribution >= 4 is 0 Å². The lowest BCUT2D eigenvalue weighted by Crippen LogP contribution is -2.10. The first-order chi connectivity index (χ1) is 9.55. The SMILES string of the molecule is CC(C)(C)c1ccc(OCCCc2ccccc2)cc1. The van der Waals surface area contributed by atoms with Gasteiger partial charge in [-0.25, -0.2) is 0 Å². The number of hydrogen-bond donors (Lipinski definition) is 0. The number of ether oxygens (including phenoxy) is 1. The minimum absolute atomic E-state index is 0.200. The van der Waals surface area contributed by atoms with E-state index in [1.54, 1.807) is 0 Å². The Labute approximate surface area is 122 Å². The van der Waals surface area contributed by atoms with Gasteiger partial charge in [0.15, 0.2) is 0 Å². The first-order valence-corrected chi connectivity index (χ1v) is 7.33. The predicted molar refractivity (Wildman–Crippen MR) is 85.4 cm³/mol. The second kappa shape index (κ2) is 6.60. The van der Waals surface area contributed by atoms with Crippen LogP contribution in [0.4, 0.5) is 0 Å². The summed E-state index contributed by atoms with van der Waals surface area (Å²) in [6.07, 6.45) is 2.12. The Morgan fingerprint density at radius 2 is 1.50 bits per heavy atom. The molecule has 0 heterocycles. The summed E-state index contributed by atoms with van der Waals surface area (Å²) in [7, 11) is 0. The molecule has 0 N–H and O–H groups in total. The Hall–Kier alpha value is -1.76. The molecule has 2 aromatic carbocycles. The van der Waals surface area contributed by atoms with E-state index < -0.39 is 0 Å². The van der Waals surface area contributed by atoms with Gasteiger partial charge in [-0.2, -0.15) is 0 Å². The third-order valence-corrected chi connectivity index (χ3v) is 3.44. The van der Waals surface area contributed by atoms with Gasteiger partial charge in [0.1, 0.15) is 5.75 Å². The Bertz CT molecular complexity index is 506. The fourth-order valence-electron chi connectivity index (χ4n) is 2.16. The van der Waals surface area contributed by atoms with Crippen LogP contribution in [0.3, 0.4) is 0 Å². The van der Waals surface area contributed by atoms with Crippen molar-refractivity contribution in [3.8, 4) is 5.75 Å². The second-order valence-electron chi connectivity index (χ2n) is 6.21. The predicted octanol–water partition coefficient (Wildman–Crippen LogP) is 5.00. The van der Waals surface area contributed by atoms with Gasteiger partial charge < -0.3 is 4.74 Å². The molecule has 0 amide bonds. The normalized spacial score (nSPS) is 11.3. The molecule has 2 aromatic rings. The van der Waals surface area contributed by atoms with Crippen molar-refractivity contribution in [2.45, 2.75) is 39.0 Å². The van der Waals surface area contributed by atoms with E-state index in [1.165, 1.54) is 11.1 Å². The van der Waals surface area contributed by atoms with E-state index in [0.717, 1.165) is 25.2 Å². The van der Waals surface area contributed by atoms with Crippen LogP contribution in [0, 0.1) is 0 Å². The van der Waals surface area contributed by atoms with Crippen LogP contribution in [0.15, 0.2) is 54.6 Å². The maximum Gasteiger partial charge on any atom is 0.119 e. The van der Waals surface area contributed by atoms with Crippen LogP contribution in [0.1, 0.15) is 38.3 Å². The fraction of sp³-hybridized carbons (Fsp3) is 0.368. The monoisotopic (exact) mass is 268 g/mol. The Kier molecular flexibility index (Phi) is 4.84. The average Bonchev–Trinajstić information content (AvgIpc) is 2.44. The molecule has 0 saturated heterocycles. The molecule has 0 aromatic heterocycles. The van der Waals surface area contributed by atoms with Crippen LogP contribution in [-0.4, -0.2) is 6.61 Å². The van der Waals surface area contributed by atoms with Crippen molar-refractivity contribution in [2.75, 3.05) is 6.61 Å². The molecule has 1 heteroatoms. The zero-order chi connectivity index (χ0) is 14.4. The quantitative estimate of drug-likeness (QED) is 0.694. The van der Waals surface area contributed by atoms with Crippen molar-refractivity contribution in [2.24, 2.45) is 0 Å². The molecular formula is C19H24O. The third-order valence-electron chi connectivity index (χ3n) is 3.44. The highest BCUT2D eigenvalue weighted by Gasteiger charge is 2.12. The van der Waals surface area contributed by atoms with Gasteiger partial charge in [0.25, 0.3) is 0 Å². The van der Waals surface area contributed by atoms with E-state index in [1.807, 2.05) is 0 Å². The second-order valence-corrected chi connectivity index (χ2v) is 6.21. The van der Waals surface area contributed by atoms with Crippen molar-refractivity contribution in [1.29, 1.82) is 0 Å². The smallest absolute Gasteiger partial charge is 0.119 e. The molecule has 0 aliphatic heterocycles. The standard InChI is InChI=1S/C19H24O/c1-19(2,3)17-11-13-18(14-12-17)20-15-7-10-16-8-5-4-6-9-16/h4-6,8-9,11-14H,7,10,15H2,1-3H3. The topological polar surface area (TPSA) is 9.23 Å². The molecular weight excluding hydrogens is 244 g/mol. The van der Waals surface area contributed by atoms with Gasteiger partial charge in [-0.1, -0.05) is 63.2 Å². The molecule has 1 nitrogen and oxygen atoms in total. The van der Waals surface area contributed by atoms with Crippen LogP contribution in [0.5, 0.6) is 5.75 Å². The van der Waals surface area contributed by atoms with Crippen LogP contribution < -0.4 is 4.74 Å². The molecule has 0 radical (unpaired) electrons. The highest BCUT2D eigenvalue weighted by molar-refractivity contribution is 5.31. The van der Waals surface area contributed by atoms with E-state index >= 15 is 0 Å². The van der Waals surface area contributed by atoms with E-state index in [-0.39, 0.29) is 5.41 Å². The van der Waals surface area contributed by atoms with Gasteiger partial charge in [0, 0.05) is 0 Å². The van der Waals surface area contributed by atoms with Crippen molar-refractivity contribution in [3.05, 3.63) is 65.7 Å². The molecule has 0 unspecified atom stereocenters. The summed E-state index contributed by atoms with van der Waals surface area (Å²) in [4.78, 5) is 0. The third kappa shape index (κ3) is 4.41. The maximum absolute atomic E-state index is 5.80. The molecule has 0 saturated carbocycles. The first-order valence-electron chi connectivity index (χ1n) is 7.33. The zero-order valence-corrected chi connectivity index (χ0v) is 12.7. The summed E-state index contributed by atoms with van der Waals surface area (Å²) in [5, 5.41) is 0. The van der Waals surface area contributed by atoms with Gasteiger partial charge in [-0.3, -0.25) is 0 Å². The van der Waals surface area contributed by atoms with E-state index in [2.05, 4.69) is 75.4 Å². The molecule has 2 rings (SSSR count). The Balaban J connectivity index is 1.77. The molecule has 0 aliphatic carbocycles. The summed E-state index contributed by atoms with van der Waals surface area (Å²) in [6, 6.07) is 19.0. The lowest BCUT2D eigenvalue weighted by molar-refractivity contribution is 0.311. The fourth-order valence-corrected chi connectivity index (χ4v) is 2.16. The molecule has 0 fully saturated rings. The minimum Gasteiger partial charge on any atom is -0.494 e. The highest BCUT2D eigenvalue weighted by atomic mass is 16.5. The Morgan fingerprint density at radius 3 is 2.10 bits per heavy atom. The molecule has 106 valence electrons. The van der Waals surface area contributed by atoms with Gasteiger partial charge in [-0.15, -0.1) is 0 Å². The number of benzene rings is 2. The van der Waals surface area contributed by atoms with Crippen molar-refractivity contribution < 1.29 is 4.74 Å². The first kappa shape index (κ1) is 14.6. The molecule has 0 spiro atoms. The number of rotatable bonds is 5. The molecule has 0 atom stereocenters. The molecule has 20 heavy (non-hydrogen) atoms. The summed E-state index contributed by atoms with van der Waals surface area (Å²) in [5.41, 5.74) is 2.92. The van der Waals surface area contributed by atoms with Crippen LogP contribution >= 0.6 is 0 Å². The summed E-state index contributed by atoms with van der Waals surface area (Å²) >= 11 is 0. The Morgan fingerprint density at radius 1 is 0.850 bits per heavy atom. The summed E-state index contributed by atoms with van der Waals surface area (Å²) < 4.78 is 5.80. The lowest BCUT2D eigenvalue weighted by atomic mass is 9.87. The van der Waals surface area contributed by atoms with Gasteiger partial charge in [0.05, 0.1) is 6.61 Å². The van der Waals surface area contributed by atoms with E-state index in [0.29, 0.717) is 0 Å². The number of aryl methyl sites for hydroxylation is 1. The molecule has 0 aliphatic rings. The van der Waals surface area contributed by atoms with E-state index in [9.17, 15) is 0 Å². The van der Waals surface area contributed by atoms with E-state index in [4.69, 9.17) is 4.74 Å².